The van der Waals surface area contributed by atoms with Gasteiger partial charge in [0.2, 0.25) is 0 Å². The molecule has 92 valence electrons. The number of hydrogen-bond donors (Lipinski definition) is 1. The maximum absolute atomic E-state index is 9.12. The standard InChI is InChI=1S/C14H16N4/c15-7-8-17-13-5-3-9-18(11-13)14-6-2-1-4-12(14)10-16/h1-2,4,6,13,17H,3,5,8-9,11H2. The van der Waals surface area contributed by atoms with Crippen molar-refractivity contribution < 1.29 is 0 Å². The summed E-state index contributed by atoms with van der Waals surface area (Å²) in [6.07, 6.45) is 2.18. The molecule has 18 heavy (non-hydrogen) atoms. The van der Waals surface area contributed by atoms with E-state index in [2.05, 4.69) is 22.4 Å². The highest BCUT2D eigenvalue weighted by Crippen LogP contribution is 2.23. The van der Waals surface area contributed by atoms with Crippen LogP contribution in [-0.4, -0.2) is 25.7 Å². The molecule has 0 amide bonds. The van der Waals surface area contributed by atoms with Gasteiger partial charge in [-0.2, -0.15) is 10.5 Å². The third-order valence-electron chi connectivity index (χ3n) is 3.26. The highest BCUT2D eigenvalue weighted by Gasteiger charge is 2.20. The maximum atomic E-state index is 9.12. The average molecular weight is 240 g/mol. The highest BCUT2D eigenvalue weighted by molar-refractivity contribution is 5.59. The van der Waals surface area contributed by atoms with E-state index in [1.54, 1.807) is 0 Å². The molecule has 0 bridgehead atoms. The first-order valence-corrected chi connectivity index (χ1v) is 6.19. The molecule has 2 rings (SSSR count). The van der Waals surface area contributed by atoms with E-state index in [0.29, 0.717) is 12.6 Å². The highest BCUT2D eigenvalue weighted by atomic mass is 15.2. The lowest BCUT2D eigenvalue weighted by atomic mass is 10.0. The van der Waals surface area contributed by atoms with E-state index in [9.17, 15) is 0 Å². The maximum Gasteiger partial charge on any atom is 0.101 e. The summed E-state index contributed by atoms with van der Waals surface area (Å²) in [5, 5.41) is 20.9. The number of benzene rings is 1. The fourth-order valence-electron chi connectivity index (χ4n) is 2.40. The zero-order chi connectivity index (χ0) is 12.8. The molecule has 0 saturated carbocycles. The molecule has 4 nitrogen and oxygen atoms in total. The van der Waals surface area contributed by atoms with Gasteiger partial charge in [-0.15, -0.1) is 0 Å². The van der Waals surface area contributed by atoms with Crippen molar-refractivity contribution in [3.63, 3.8) is 0 Å². The molecule has 0 aliphatic carbocycles. The summed E-state index contributed by atoms with van der Waals surface area (Å²) in [6.45, 7) is 2.22. The second kappa shape index (κ2) is 6.05. The molecule has 0 radical (unpaired) electrons. The van der Waals surface area contributed by atoms with Crippen LogP contribution in [0.3, 0.4) is 0 Å². The average Bonchev–Trinajstić information content (AvgIpc) is 2.45. The normalized spacial score (nSPS) is 19.0. The lowest BCUT2D eigenvalue weighted by Gasteiger charge is -2.35. The summed E-state index contributed by atoms with van der Waals surface area (Å²) in [5.74, 6) is 0. The van der Waals surface area contributed by atoms with Gasteiger partial charge in [-0.1, -0.05) is 12.1 Å². The van der Waals surface area contributed by atoms with Gasteiger partial charge in [-0.25, -0.2) is 0 Å². The molecule has 1 aliphatic rings. The minimum atomic E-state index is 0.338. The molecule has 1 aliphatic heterocycles. The Kier molecular flexibility index (Phi) is 4.17. The van der Waals surface area contributed by atoms with E-state index in [1.165, 1.54) is 0 Å². The summed E-state index contributed by atoms with van der Waals surface area (Å²) in [7, 11) is 0. The zero-order valence-corrected chi connectivity index (χ0v) is 10.3. The predicted molar refractivity (Wildman–Crippen MR) is 70.0 cm³/mol. The molecule has 1 aromatic carbocycles. The first kappa shape index (κ1) is 12.4. The molecule has 1 atom stereocenters. The minimum absolute atomic E-state index is 0.338. The van der Waals surface area contributed by atoms with Crippen molar-refractivity contribution in [2.24, 2.45) is 0 Å². The molecule has 1 N–H and O–H groups in total. The topological polar surface area (TPSA) is 62.9 Å². The molecular formula is C14H16N4. The first-order chi connectivity index (χ1) is 8.85. The predicted octanol–water partition coefficient (Wildman–Crippen LogP) is 1.64. The van der Waals surface area contributed by atoms with E-state index in [4.69, 9.17) is 10.5 Å². The van der Waals surface area contributed by atoms with Gasteiger partial charge in [0, 0.05) is 19.1 Å². The van der Waals surface area contributed by atoms with E-state index in [0.717, 1.165) is 37.2 Å². The van der Waals surface area contributed by atoms with Crippen LogP contribution in [0.5, 0.6) is 0 Å². The molecule has 1 unspecified atom stereocenters. The Bertz CT molecular complexity index is 483. The minimum Gasteiger partial charge on any atom is -0.369 e. The number of anilines is 1. The van der Waals surface area contributed by atoms with Crippen LogP contribution < -0.4 is 10.2 Å². The van der Waals surface area contributed by atoms with Crippen LogP contribution in [0.15, 0.2) is 24.3 Å². The van der Waals surface area contributed by atoms with E-state index >= 15 is 0 Å². The quantitative estimate of drug-likeness (QED) is 0.816. The van der Waals surface area contributed by atoms with Gasteiger partial charge in [0.05, 0.1) is 23.9 Å². The second-order valence-corrected chi connectivity index (χ2v) is 4.45. The van der Waals surface area contributed by atoms with Crippen LogP contribution in [0.4, 0.5) is 5.69 Å². The van der Waals surface area contributed by atoms with Crippen molar-refractivity contribution in [2.45, 2.75) is 18.9 Å². The fraction of sp³-hybridized carbons (Fsp3) is 0.429. The van der Waals surface area contributed by atoms with E-state index in [-0.39, 0.29) is 0 Å². The number of rotatable bonds is 3. The number of nitrogens with zero attached hydrogens (tertiary/aromatic N) is 3. The molecule has 0 aromatic heterocycles. The molecule has 1 saturated heterocycles. The Morgan fingerprint density at radius 3 is 2.94 bits per heavy atom. The van der Waals surface area contributed by atoms with Crippen molar-refractivity contribution in [3.8, 4) is 12.1 Å². The van der Waals surface area contributed by atoms with E-state index in [1.807, 2.05) is 24.3 Å². The van der Waals surface area contributed by atoms with Gasteiger partial charge in [-0.3, -0.25) is 5.32 Å². The van der Waals surface area contributed by atoms with Crippen LogP contribution in [-0.2, 0) is 0 Å². The van der Waals surface area contributed by atoms with Crippen molar-refractivity contribution in [1.82, 2.24) is 5.32 Å². The summed E-state index contributed by atoms with van der Waals surface area (Å²) < 4.78 is 0. The Morgan fingerprint density at radius 1 is 1.33 bits per heavy atom. The van der Waals surface area contributed by atoms with Gasteiger partial charge >= 0.3 is 0 Å². The van der Waals surface area contributed by atoms with Crippen molar-refractivity contribution in [1.29, 1.82) is 10.5 Å². The van der Waals surface area contributed by atoms with Crippen LogP contribution in [0.25, 0.3) is 0 Å². The summed E-state index contributed by atoms with van der Waals surface area (Å²) in [4.78, 5) is 2.23. The molecule has 1 heterocycles. The smallest absolute Gasteiger partial charge is 0.101 e. The number of para-hydroxylation sites is 1. The third kappa shape index (κ3) is 2.80. The SMILES string of the molecule is N#CCNC1CCCN(c2ccccc2C#N)C1. The monoisotopic (exact) mass is 240 g/mol. The lowest BCUT2D eigenvalue weighted by Crippen LogP contribution is -2.46. The first-order valence-electron chi connectivity index (χ1n) is 6.19. The third-order valence-corrected chi connectivity index (χ3v) is 3.26. The molecule has 1 aromatic rings. The van der Waals surface area contributed by atoms with Crippen molar-refractivity contribution in [2.75, 3.05) is 24.5 Å². The Balaban J connectivity index is 2.09. The van der Waals surface area contributed by atoms with Gasteiger partial charge in [-0.05, 0) is 25.0 Å². The second-order valence-electron chi connectivity index (χ2n) is 4.45. The van der Waals surface area contributed by atoms with E-state index < -0.39 is 0 Å². The van der Waals surface area contributed by atoms with Crippen molar-refractivity contribution in [3.05, 3.63) is 29.8 Å². The fourth-order valence-corrected chi connectivity index (χ4v) is 2.40. The van der Waals surface area contributed by atoms with Gasteiger partial charge < -0.3 is 4.90 Å². The van der Waals surface area contributed by atoms with Crippen LogP contribution >= 0.6 is 0 Å². The molecule has 1 fully saturated rings. The largest absolute Gasteiger partial charge is 0.369 e. The van der Waals surface area contributed by atoms with Gasteiger partial charge in [0.1, 0.15) is 6.07 Å². The summed E-state index contributed by atoms with van der Waals surface area (Å²) in [5.41, 5.74) is 1.72. The van der Waals surface area contributed by atoms with Crippen molar-refractivity contribution >= 4 is 5.69 Å². The molecule has 4 heteroatoms. The lowest BCUT2D eigenvalue weighted by molar-refractivity contribution is 0.439. The Labute approximate surface area is 107 Å². The number of nitriles is 2. The summed E-state index contributed by atoms with van der Waals surface area (Å²) >= 11 is 0. The Hall–Kier alpha value is -2.04. The van der Waals surface area contributed by atoms with Crippen LogP contribution in [0.2, 0.25) is 0 Å². The van der Waals surface area contributed by atoms with Crippen LogP contribution in [0.1, 0.15) is 18.4 Å². The van der Waals surface area contributed by atoms with Crippen LogP contribution in [0, 0.1) is 22.7 Å². The Morgan fingerprint density at radius 2 is 2.17 bits per heavy atom. The number of piperidine rings is 1. The molecule has 0 spiro atoms. The summed E-state index contributed by atoms with van der Waals surface area (Å²) in [6, 6.07) is 12.4. The van der Waals surface area contributed by atoms with Gasteiger partial charge in [0.25, 0.3) is 0 Å². The molecular weight excluding hydrogens is 224 g/mol. The number of nitrogens with one attached hydrogen (secondary N) is 1. The number of hydrogen-bond acceptors (Lipinski definition) is 4. The zero-order valence-electron chi connectivity index (χ0n) is 10.3. The van der Waals surface area contributed by atoms with Gasteiger partial charge in [0.15, 0.2) is 0 Å².